The first kappa shape index (κ1) is 20.2. The number of amides is 3. The van der Waals surface area contributed by atoms with E-state index in [2.05, 4.69) is 5.32 Å². The largest absolute Gasteiger partial charge is 0.455 e. The molecule has 0 aromatic heterocycles. The molecule has 0 spiro atoms. The van der Waals surface area contributed by atoms with Gasteiger partial charge in [0, 0.05) is 5.56 Å². The summed E-state index contributed by atoms with van der Waals surface area (Å²) in [5.74, 6) is 0.0804. The number of imide groups is 1. The van der Waals surface area contributed by atoms with Gasteiger partial charge in [-0.2, -0.15) is 0 Å². The maximum atomic E-state index is 12.8. The molecule has 4 aromatic carbocycles. The summed E-state index contributed by atoms with van der Waals surface area (Å²) in [6, 6.07) is 29.5. The number of carbonyl (C=O) groups is 3. The molecule has 0 aliphatic carbocycles. The lowest BCUT2D eigenvalue weighted by Gasteiger charge is -2.15. The van der Waals surface area contributed by atoms with Crippen LogP contribution in [0.1, 0.15) is 31.1 Å². The Bertz CT molecular complexity index is 1330. The fourth-order valence-corrected chi connectivity index (χ4v) is 3.65. The van der Waals surface area contributed by atoms with E-state index in [1.54, 1.807) is 66.7 Å². The average molecular weight is 434 g/mol. The number of hydrogen-bond donors (Lipinski definition) is 1. The van der Waals surface area contributed by atoms with Crippen LogP contribution in [0.5, 0.6) is 11.5 Å². The highest BCUT2D eigenvalue weighted by molar-refractivity contribution is 6.34. The molecule has 1 N–H and O–H groups in total. The highest BCUT2D eigenvalue weighted by Crippen LogP contribution is 2.31. The molecule has 1 heterocycles. The van der Waals surface area contributed by atoms with E-state index in [4.69, 9.17) is 4.74 Å². The maximum absolute atomic E-state index is 12.8. The Kier molecular flexibility index (Phi) is 5.16. The lowest BCUT2D eigenvalue weighted by molar-refractivity contribution is 0.0925. The second-order valence-electron chi connectivity index (χ2n) is 7.40. The number of benzene rings is 4. The van der Waals surface area contributed by atoms with Crippen molar-refractivity contribution in [2.75, 3.05) is 10.2 Å². The second kappa shape index (κ2) is 8.43. The number of nitrogens with zero attached hydrogens (tertiary/aromatic N) is 1. The van der Waals surface area contributed by atoms with Crippen molar-refractivity contribution in [3.05, 3.63) is 120 Å². The van der Waals surface area contributed by atoms with E-state index in [9.17, 15) is 14.4 Å². The molecule has 0 atom stereocenters. The van der Waals surface area contributed by atoms with Crippen molar-refractivity contribution in [2.45, 2.75) is 0 Å². The Labute approximate surface area is 190 Å². The molecule has 5 rings (SSSR count). The summed E-state index contributed by atoms with van der Waals surface area (Å²) in [5.41, 5.74) is 2.06. The van der Waals surface area contributed by atoms with Crippen molar-refractivity contribution in [3.8, 4) is 11.5 Å². The first-order valence-corrected chi connectivity index (χ1v) is 10.3. The van der Waals surface area contributed by atoms with Crippen molar-refractivity contribution in [1.82, 2.24) is 0 Å². The minimum atomic E-state index is -0.375. The number of hydrogen-bond acceptors (Lipinski definition) is 4. The number of fused-ring (bicyclic) bond motifs is 1. The van der Waals surface area contributed by atoms with Gasteiger partial charge in [0.15, 0.2) is 5.75 Å². The summed E-state index contributed by atoms with van der Waals surface area (Å²) in [6.07, 6.45) is 0. The predicted molar refractivity (Wildman–Crippen MR) is 125 cm³/mol. The molecule has 1 aliphatic heterocycles. The van der Waals surface area contributed by atoms with Gasteiger partial charge in [-0.05, 0) is 60.7 Å². The van der Waals surface area contributed by atoms with Crippen LogP contribution in [0.4, 0.5) is 11.4 Å². The van der Waals surface area contributed by atoms with Crippen LogP contribution in [0.15, 0.2) is 103 Å². The van der Waals surface area contributed by atoms with Gasteiger partial charge in [0.1, 0.15) is 5.75 Å². The van der Waals surface area contributed by atoms with E-state index >= 15 is 0 Å². The summed E-state index contributed by atoms with van der Waals surface area (Å²) in [7, 11) is 0. The molecule has 0 radical (unpaired) electrons. The predicted octanol–water partition coefficient (Wildman–Crippen LogP) is 5.53. The standard InChI is InChI=1S/C27H18N2O4/c30-25(28-23-12-6-7-13-24(23)33-20-8-2-1-3-9-20)18-14-16-19(17-15-18)29-26(31)21-10-4-5-11-22(21)27(29)32/h1-17H,(H,28,30). The zero-order valence-electron chi connectivity index (χ0n) is 17.4. The van der Waals surface area contributed by atoms with E-state index < -0.39 is 0 Å². The minimum Gasteiger partial charge on any atom is -0.455 e. The van der Waals surface area contributed by atoms with Crippen molar-refractivity contribution in [1.29, 1.82) is 0 Å². The van der Waals surface area contributed by atoms with Gasteiger partial charge in [0.25, 0.3) is 17.7 Å². The summed E-state index contributed by atoms with van der Waals surface area (Å²) < 4.78 is 5.89. The van der Waals surface area contributed by atoms with Crippen LogP contribution < -0.4 is 15.0 Å². The van der Waals surface area contributed by atoms with Gasteiger partial charge in [0.2, 0.25) is 0 Å². The Balaban J connectivity index is 1.34. The van der Waals surface area contributed by atoms with Crippen molar-refractivity contribution < 1.29 is 19.1 Å². The average Bonchev–Trinajstić information content (AvgIpc) is 3.11. The monoisotopic (exact) mass is 434 g/mol. The number of anilines is 2. The fraction of sp³-hybridized carbons (Fsp3) is 0. The van der Waals surface area contributed by atoms with E-state index in [1.165, 1.54) is 0 Å². The molecule has 6 heteroatoms. The number of nitrogens with one attached hydrogen (secondary N) is 1. The second-order valence-corrected chi connectivity index (χ2v) is 7.40. The van der Waals surface area contributed by atoms with Crippen LogP contribution in [0, 0.1) is 0 Å². The van der Waals surface area contributed by atoms with E-state index in [-0.39, 0.29) is 17.7 Å². The number of rotatable bonds is 5. The molecule has 0 saturated heterocycles. The van der Waals surface area contributed by atoms with Crippen LogP contribution in [-0.4, -0.2) is 17.7 Å². The van der Waals surface area contributed by atoms with Crippen LogP contribution in [0.25, 0.3) is 0 Å². The van der Waals surface area contributed by atoms with Gasteiger partial charge in [0.05, 0.1) is 22.5 Å². The van der Waals surface area contributed by atoms with Gasteiger partial charge in [-0.25, -0.2) is 4.90 Å². The molecule has 33 heavy (non-hydrogen) atoms. The van der Waals surface area contributed by atoms with Crippen molar-refractivity contribution >= 4 is 29.1 Å². The third-order valence-electron chi connectivity index (χ3n) is 5.29. The zero-order chi connectivity index (χ0) is 22.8. The molecule has 6 nitrogen and oxygen atoms in total. The highest BCUT2D eigenvalue weighted by atomic mass is 16.5. The van der Waals surface area contributed by atoms with Crippen molar-refractivity contribution in [3.63, 3.8) is 0 Å². The Morgan fingerprint density at radius 2 is 1.24 bits per heavy atom. The molecule has 4 aromatic rings. The summed E-state index contributed by atoms with van der Waals surface area (Å²) in [5, 5.41) is 2.86. The van der Waals surface area contributed by atoms with Crippen LogP contribution in [0.2, 0.25) is 0 Å². The van der Waals surface area contributed by atoms with Gasteiger partial charge in [-0.1, -0.05) is 42.5 Å². The number of para-hydroxylation sites is 3. The Hall–Kier alpha value is -4.71. The van der Waals surface area contributed by atoms with Gasteiger partial charge >= 0.3 is 0 Å². The summed E-state index contributed by atoms with van der Waals surface area (Å²) in [4.78, 5) is 39.3. The normalized spacial score (nSPS) is 12.4. The topological polar surface area (TPSA) is 75.7 Å². The first-order valence-electron chi connectivity index (χ1n) is 10.3. The van der Waals surface area contributed by atoms with E-state index in [1.807, 2.05) is 36.4 Å². The quantitative estimate of drug-likeness (QED) is 0.419. The fourth-order valence-electron chi connectivity index (χ4n) is 3.65. The Morgan fingerprint density at radius 3 is 1.91 bits per heavy atom. The first-order chi connectivity index (χ1) is 16.1. The molecule has 0 bridgehead atoms. The minimum absolute atomic E-state index is 0.340. The third-order valence-corrected chi connectivity index (χ3v) is 5.29. The number of ether oxygens (including phenoxy) is 1. The van der Waals surface area contributed by atoms with E-state index in [0.29, 0.717) is 39.6 Å². The Morgan fingerprint density at radius 1 is 0.667 bits per heavy atom. The number of carbonyl (C=O) groups excluding carboxylic acids is 3. The van der Waals surface area contributed by atoms with Crippen molar-refractivity contribution in [2.24, 2.45) is 0 Å². The molecule has 160 valence electrons. The SMILES string of the molecule is O=C(Nc1ccccc1Oc1ccccc1)c1ccc(N2C(=O)c3ccccc3C2=O)cc1. The molecule has 0 unspecified atom stereocenters. The van der Waals surface area contributed by atoms with Gasteiger partial charge < -0.3 is 10.1 Å². The molecular formula is C27H18N2O4. The van der Waals surface area contributed by atoms with Gasteiger partial charge in [-0.3, -0.25) is 14.4 Å². The molecule has 0 fully saturated rings. The highest BCUT2D eigenvalue weighted by Gasteiger charge is 2.36. The smallest absolute Gasteiger partial charge is 0.266 e. The third kappa shape index (κ3) is 3.85. The van der Waals surface area contributed by atoms with Crippen LogP contribution >= 0.6 is 0 Å². The molecular weight excluding hydrogens is 416 g/mol. The van der Waals surface area contributed by atoms with Crippen LogP contribution in [0.3, 0.4) is 0 Å². The molecule has 0 saturated carbocycles. The lowest BCUT2D eigenvalue weighted by Crippen LogP contribution is -2.29. The molecule has 3 amide bonds. The van der Waals surface area contributed by atoms with Crippen LogP contribution in [-0.2, 0) is 0 Å². The summed E-state index contributed by atoms with van der Waals surface area (Å²) >= 11 is 0. The van der Waals surface area contributed by atoms with Gasteiger partial charge in [-0.15, -0.1) is 0 Å². The maximum Gasteiger partial charge on any atom is 0.266 e. The lowest BCUT2D eigenvalue weighted by atomic mass is 10.1. The zero-order valence-corrected chi connectivity index (χ0v) is 17.4. The summed E-state index contributed by atoms with van der Waals surface area (Å²) in [6.45, 7) is 0. The van der Waals surface area contributed by atoms with E-state index in [0.717, 1.165) is 4.90 Å². The molecule has 1 aliphatic rings.